The second-order valence-corrected chi connectivity index (χ2v) is 7.93. The molecule has 0 unspecified atom stereocenters. The van der Waals surface area contributed by atoms with Gasteiger partial charge in [0.1, 0.15) is 11.4 Å². The molecule has 2 aromatic heterocycles. The molecule has 0 saturated heterocycles. The standard InChI is InChI=1S/C24H17ClN2O3/c1-13-3-5-15(6-4-13)21-20-22(28)17-12-16(25)7-8-18(17)30-23(20)24(29)27(21)19-11-14(2)9-10-26-19/h3-12,21H,1-2H3/t21-/m0/s1. The molecule has 1 aliphatic heterocycles. The van der Waals surface area contributed by atoms with E-state index in [0.717, 1.165) is 16.7 Å². The van der Waals surface area contributed by atoms with E-state index in [1.54, 1.807) is 24.4 Å². The molecule has 4 aromatic rings. The van der Waals surface area contributed by atoms with Crippen molar-refractivity contribution in [3.8, 4) is 0 Å². The first-order valence-corrected chi connectivity index (χ1v) is 9.91. The molecule has 1 aliphatic rings. The molecule has 0 aliphatic carbocycles. The number of halogens is 1. The van der Waals surface area contributed by atoms with Crippen LogP contribution in [0.3, 0.4) is 0 Å². The van der Waals surface area contributed by atoms with E-state index in [9.17, 15) is 9.59 Å². The van der Waals surface area contributed by atoms with Gasteiger partial charge in [-0.2, -0.15) is 0 Å². The van der Waals surface area contributed by atoms with Crippen molar-refractivity contribution in [2.24, 2.45) is 0 Å². The summed E-state index contributed by atoms with van der Waals surface area (Å²) in [5.41, 5.74) is 3.23. The molecule has 0 N–H and O–H groups in total. The average molecular weight is 417 g/mol. The Morgan fingerprint density at radius 2 is 1.73 bits per heavy atom. The van der Waals surface area contributed by atoms with Crippen LogP contribution in [-0.2, 0) is 0 Å². The normalized spacial score (nSPS) is 15.6. The van der Waals surface area contributed by atoms with E-state index < -0.39 is 6.04 Å². The molecule has 0 spiro atoms. The van der Waals surface area contributed by atoms with Crippen LogP contribution in [0.15, 0.2) is 70.0 Å². The van der Waals surface area contributed by atoms with Gasteiger partial charge in [-0.25, -0.2) is 4.98 Å². The summed E-state index contributed by atoms with van der Waals surface area (Å²) in [4.78, 5) is 32.9. The van der Waals surface area contributed by atoms with Crippen LogP contribution in [0.5, 0.6) is 0 Å². The number of rotatable bonds is 2. The minimum atomic E-state index is -0.637. The van der Waals surface area contributed by atoms with Crippen molar-refractivity contribution < 1.29 is 9.21 Å². The summed E-state index contributed by atoms with van der Waals surface area (Å²) in [5, 5.41) is 0.786. The highest BCUT2D eigenvalue weighted by Crippen LogP contribution is 2.40. The number of fused-ring (bicyclic) bond motifs is 2. The molecule has 0 fully saturated rings. The van der Waals surface area contributed by atoms with Crippen LogP contribution in [0.4, 0.5) is 5.82 Å². The second-order valence-electron chi connectivity index (χ2n) is 7.49. The topological polar surface area (TPSA) is 63.4 Å². The van der Waals surface area contributed by atoms with Gasteiger partial charge in [-0.15, -0.1) is 0 Å². The number of aryl methyl sites for hydroxylation is 2. The molecule has 1 atom stereocenters. The van der Waals surface area contributed by atoms with Crippen LogP contribution in [0, 0.1) is 13.8 Å². The largest absolute Gasteiger partial charge is 0.450 e. The molecular weight excluding hydrogens is 400 g/mol. The van der Waals surface area contributed by atoms with E-state index in [1.165, 1.54) is 4.90 Å². The highest BCUT2D eigenvalue weighted by atomic mass is 35.5. The number of carbonyl (C=O) groups is 1. The Labute approximate surface area is 177 Å². The number of amides is 1. The van der Waals surface area contributed by atoms with Gasteiger partial charge < -0.3 is 4.42 Å². The fraction of sp³-hybridized carbons (Fsp3) is 0.125. The number of pyridine rings is 1. The molecule has 30 heavy (non-hydrogen) atoms. The first-order valence-electron chi connectivity index (χ1n) is 9.53. The van der Waals surface area contributed by atoms with E-state index in [-0.39, 0.29) is 17.1 Å². The van der Waals surface area contributed by atoms with Gasteiger partial charge in [-0.05, 0) is 55.3 Å². The molecule has 1 amide bonds. The maximum Gasteiger partial charge on any atom is 0.296 e. The predicted molar refractivity (Wildman–Crippen MR) is 116 cm³/mol. The van der Waals surface area contributed by atoms with E-state index in [1.807, 2.05) is 50.2 Å². The van der Waals surface area contributed by atoms with Gasteiger partial charge in [0.05, 0.1) is 17.0 Å². The zero-order chi connectivity index (χ0) is 21.0. The maximum atomic E-state index is 13.5. The Balaban J connectivity index is 1.83. The molecule has 148 valence electrons. The number of hydrogen-bond acceptors (Lipinski definition) is 4. The fourth-order valence-electron chi connectivity index (χ4n) is 3.90. The molecule has 5 rings (SSSR count). The zero-order valence-corrected chi connectivity index (χ0v) is 17.1. The van der Waals surface area contributed by atoms with Crippen molar-refractivity contribution in [3.63, 3.8) is 0 Å². The SMILES string of the molecule is Cc1ccc([C@H]2c3c(oc4ccc(Cl)cc4c3=O)C(=O)N2c2cc(C)ccn2)cc1. The van der Waals surface area contributed by atoms with Crippen molar-refractivity contribution in [1.82, 2.24) is 4.98 Å². The number of nitrogens with zero attached hydrogens (tertiary/aromatic N) is 2. The Morgan fingerprint density at radius 1 is 0.967 bits per heavy atom. The highest BCUT2D eigenvalue weighted by Gasteiger charge is 2.44. The maximum absolute atomic E-state index is 13.5. The van der Waals surface area contributed by atoms with Crippen LogP contribution < -0.4 is 10.3 Å². The predicted octanol–water partition coefficient (Wildman–Crippen LogP) is 5.21. The van der Waals surface area contributed by atoms with Crippen LogP contribution in [0.1, 0.15) is 38.9 Å². The molecule has 3 heterocycles. The quantitative estimate of drug-likeness (QED) is 0.450. The third-order valence-corrected chi connectivity index (χ3v) is 5.61. The number of carbonyl (C=O) groups excluding carboxylic acids is 1. The Bertz CT molecular complexity index is 1380. The minimum absolute atomic E-state index is 0.0451. The lowest BCUT2D eigenvalue weighted by Crippen LogP contribution is -2.30. The molecule has 0 saturated carbocycles. The third kappa shape index (κ3) is 2.82. The van der Waals surface area contributed by atoms with Gasteiger partial charge in [0.15, 0.2) is 5.43 Å². The molecule has 6 heteroatoms. The van der Waals surface area contributed by atoms with Crippen LogP contribution >= 0.6 is 11.6 Å². The zero-order valence-electron chi connectivity index (χ0n) is 16.3. The molecular formula is C24H17ClN2O3. The lowest BCUT2D eigenvalue weighted by atomic mass is 9.97. The molecule has 5 nitrogen and oxygen atoms in total. The van der Waals surface area contributed by atoms with E-state index in [2.05, 4.69) is 4.98 Å². The molecule has 0 radical (unpaired) electrons. The Kier molecular flexibility index (Phi) is 4.22. The number of benzene rings is 2. The Morgan fingerprint density at radius 3 is 2.47 bits per heavy atom. The smallest absolute Gasteiger partial charge is 0.296 e. The Hall–Kier alpha value is -3.44. The van der Waals surface area contributed by atoms with Crippen LogP contribution in [-0.4, -0.2) is 10.9 Å². The third-order valence-electron chi connectivity index (χ3n) is 5.37. The molecule has 0 bridgehead atoms. The summed E-state index contributed by atoms with van der Waals surface area (Å²) in [6.45, 7) is 3.92. The van der Waals surface area contributed by atoms with E-state index >= 15 is 0 Å². The first-order chi connectivity index (χ1) is 14.4. The van der Waals surface area contributed by atoms with Gasteiger partial charge in [0.2, 0.25) is 5.76 Å². The van der Waals surface area contributed by atoms with Crippen molar-refractivity contribution in [3.05, 3.63) is 104 Å². The summed E-state index contributed by atoms with van der Waals surface area (Å²) >= 11 is 6.12. The van der Waals surface area contributed by atoms with Crippen molar-refractivity contribution in [1.29, 1.82) is 0 Å². The number of aromatic nitrogens is 1. The number of hydrogen-bond donors (Lipinski definition) is 0. The van der Waals surface area contributed by atoms with Crippen LogP contribution in [0.25, 0.3) is 11.0 Å². The fourth-order valence-corrected chi connectivity index (χ4v) is 4.07. The second kappa shape index (κ2) is 6.82. The lowest BCUT2D eigenvalue weighted by molar-refractivity contribution is 0.0970. The van der Waals surface area contributed by atoms with Crippen molar-refractivity contribution >= 4 is 34.3 Å². The summed E-state index contributed by atoms with van der Waals surface area (Å²) in [5.74, 6) is 0.129. The van der Waals surface area contributed by atoms with Crippen LogP contribution in [0.2, 0.25) is 5.02 Å². The van der Waals surface area contributed by atoms with Gasteiger partial charge in [-0.1, -0.05) is 41.4 Å². The van der Waals surface area contributed by atoms with Gasteiger partial charge in [-0.3, -0.25) is 14.5 Å². The monoisotopic (exact) mass is 416 g/mol. The number of anilines is 1. The minimum Gasteiger partial charge on any atom is -0.450 e. The van der Waals surface area contributed by atoms with Gasteiger partial charge in [0, 0.05) is 11.2 Å². The molecule has 2 aromatic carbocycles. The first kappa shape index (κ1) is 18.6. The lowest BCUT2D eigenvalue weighted by Gasteiger charge is -2.24. The summed E-state index contributed by atoms with van der Waals surface area (Å²) < 4.78 is 5.93. The van der Waals surface area contributed by atoms with E-state index in [4.69, 9.17) is 16.0 Å². The van der Waals surface area contributed by atoms with Crippen molar-refractivity contribution in [2.45, 2.75) is 19.9 Å². The van der Waals surface area contributed by atoms with Gasteiger partial charge in [0.25, 0.3) is 5.91 Å². The summed E-state index contributed by atoms with van der Waals surface area (Å²) in [6.07, 6.45) is 1.65. The highest BCUT2D eigenvalue weighted by molar-refractivity contribution is 6.31. The van der Waals surface area contributed by atoms with Gasteiger partial charge >= 0.3 is 0 Å². The summed E-state index contributed by atoms with van der Waals surface area (Å²) in [7, 11) is 0. The van der Waals surface area contributed by atoms with Crippen molar-refractivity contribution in [2.75, 3.05) is 4.90 Å². The average Bonchev–Trinajstić information content (AvgIpc) is 3.02. The van der Waals surface area contributed by atoms with E-state index in [0.29, 0.717) is 27.4 Å². The summed E-state index contributed by atoms with van der Waals surface area (Å²) in [6, 6.07) is 15.6.